The molecule has 134 valence electrons. The molecule has 1 saturated heterocycles. The van der Waals surface area contributed by atoms with Gasteiger partial charge in [0.05, 0.1) is 12.6 Å². The fourth-order valence-electron chi connectivity index (χ4n) is 2.65. The van der Waals surface area contributed by atoms with Gasteiger partial charge in [0.2, 0.25) is 11.8 Å². The highest BCUT2D eigenvalue weighted by Crippen LogP contribution is 2.11. The molecule has 8 nitrogen and oxygen atoms in total. The van der Waals surface area contributed by atoms with E-state index >= 15 is 0 Å². The number of aryl methyl sites for hydroxylation is 1. The van der Waals surface area contributed by atoms with Crippen molar-refractivity contribution in [2.24, 2.45) is 11.7 Å². The fourth-order valence-corrected chi connectivity index (χ4v) is 2.65. The van der Waals surface area contributed by atoms with Gasteiger partial charge in [0.1, 0.15) is 5.76 Å². The zero-order valence-corrected chi connectivity index (χ0v) is 14.6. The molecule has 1 aromatic rings. The second kappa shape index (κ2) is 8.25. The van der Waals surface area contributed by atoms with Crippen molar-refractivity contribution in [3.63, 3.8) is 0 Å². The number of nitrogens with two attached hydrogens (primary N) is 1. The Balaban J connectivity index is 1.76. The minimum absolute atomic E-state index is 0.00604. The number of amides is 2. The molecule has 0 spiro atoms. The summed E-state index contributed by atoms with van der Waals surface area (Å²) in [5.74, 6) is 1.11. The van der Waals surface area contributed by atoms with Crippen LogP contribution in [-0.4, -0.2) is 65.5 Å². The van der Waals surface area contributed by atoms with Crippen LogP contribution in [0.1, 0.15) is 26.0 Å². The van der Waals surface area contributed by atoms with E-state index in [0.717, 1.165) is 6.42 Å². The lowest BCUT2D eigenvalue weighted by Crippen LogP contribution is -2.55. The molecule has 1 fully saturated rings. The zero-order valence-electron chi connectivity index (χ0n) is 14.6. The Hall–Kier alpha value is -1.93. The van der Waals surface area contributed by atoms with E-state index in [2.05, 4.69) is 10.5 Å². The molecule has 0 saturated carbocycles. The molecule has 2 heterocycles. The first kappa shape index (κ1) is 18.4. The summed E-state index contributed by atoms with van der Waals surface area (Å²) in [7, 11) is 0. The van der Waals surface area contributed by atoms with Gasteiger partial charge in [-0.05, 0) is 12.8 Å². The minimum Gasteiger partial charge on any atom is -0.360 e. The van der Waals surface area contributed by atoms with Crippen LogP contribution in [0, 0.1) is 12.8 Å². The van der Waals surface area contributed by atoms with E-state index in [0.29, 0.717) is 37.8 Å². The first-order valence-corrected chi connectivity index (χ1v) is 8.40. The average molecular weight is 337 g/mol. The van der Waals surface area contributed by atoms with E-state index in [1.165, 1.54) is 0 Å². The van der Waals surface area contributed by atoms with Crippen molar-refractivity contribution >= 4 is 17.6 Å². The Morgan fingerprint density at radius 1 is 1.38 bits per heavy atom. The van der Waals surface area contributed by atoms with Gasteiger partial charge in [-0.25, -0.2) is 0 Å². The number of nitrogens with zero attached hydrogens (tertiary/aromatic N) is 3. The molecule has 1 aliphatic rings. The molecule has 8 heteroatoms. The number of hydrogen-bond donors (Lipinski definition) is 2. The number of anilines is 1. The van der Waals surface area contributed by atoms with Crippen molar-refractivity contribution < 1.29 is 14.1 Å². The van der Waals surface area contributed by atoms with Crippen molar-refractivity contribution in [3.05, 3.63) is 11.8 Å². The molecular formula is C16H27N5O3. The molecule has 2 atom stereocenters. The summed E-state index contributed by atoms with van der Waals surface area (Å²) in [6.07, 6.45) is 0.883. The molecule has 2 rings (SSSR count). The largest absolute Gasteiger partial charge is 0.360 e. The Labute approximate surface area is 142 Å². The lowest BCUT2D eigenvalue weighted by molar-refractivity contribution is -0.135. The standard InChI is InChI=1S/C16H27N5O3/c1-4-11(2)15(17)16(23)21-7-5-20(6-8-21)10-14(22)18-13-9-12(3)24-19-13/h9,11,15H,4-8,10,17H2,1-3H3,(H,18,19,22). The molecule has 3 N–H and O–H groups in total. The highest BCUT2D eigenvalue weighted by atomic mass is 16.5. The van der Waals surface area contributed by atoms with Crippen molar-refractivity contribution in [1.82, 2.24) is 15.0 Å². The summed E-state index contributed by atoms with van der Waals surface area (Å²) in [5, 5.41) is 6.43. The van der Waals surface area contributed by atoms with E-state index in [1.807, 2.05) is 18.7 Å². The van der Waals surface area contributed by atoms with Crippen LogP contribution in [0.25, 0.3) is 0 Å². The van der Waals surface area contributed by atoms with Crippen LogP contribution in [0.15, 0.2) is 10.6 Å². The molecule has 0 bridgehead atoms. The Morgan fingerprint density at radius 3 is 2.58 bits per heavy atom. The van der Waals surface area contributed by atoms with Crippen molar-refractivity contribution in [3.8, 4) is 0 Å². The number of carbonyl (C=O) groups excluding carboxylic acids is 2. The maximum Gasteiger partial charge on any atom is 0.239 e. The number of carbonyl (C=O) groups is 2. The predicted molar refractivity (Wildman–Crippen MR) is 90.3 cm³/mol. The topological polar surface area (TPSA) is 105 Å². The van der Waals surface area contributed by atoms with Gasteiger partial charge >= 0.3 is 0 Å². The van der Waals surface area contributed by atoms with E-state index < -0.39 is 6.04 Å². The van der Waals surface area contributed by atoms with Crippen LogP contribution in [0.5, 0.6) is 0 Å². The molecule has 0 aromatic carbocycles. The third-order valence-corrected chi connectivity index (χ3v) is 4.49. The van der Waals surface area contributed by atoms with E-state index in [1.54, 1.807) is 17.9 Å². The smallest absolute Gasteiger partial charge is 0.239 e. The summed E-state index contributed by atoms with van der Waals surface area (Å²) in [6.45, 7) is 8.57. The maximum absolute atomic E-state index is 12.4. The molecule has 1 aromatic heterocycles. The lowest BCUT2D eigenvalue weighted by Gasteiger charge is -2.36. The highest BCUT2D eigenvalue weighted by Gasteiger charge is 2.28. The molecule has 2 unspecified atom stereocenters. The van der Waals surface area contributed by atoms with Gasteiger partial charge in [-0.3, -0.25) is 14.5 Å². The van der Waals surface area contributed by atoms with E-state index in [4.69, 9.17) is 10.3 Å². The number of rotatable bonds is 6. The Morgan fingerprint density at radius 2 is 2.04 bits per heavy atom. The predicted octanol–water partition coefficient (Wildman–Crippen LogP) is 0.439. The lowest BCUT2D eigenvalue weighted by atomic mass is 9.98. The third-order valence-electron chi connectivity index (χ3n) is 4.49. The van der Waals surface area contributed by atoms with Crippen molar-refractivity contribution in [1.29, 1.82) is 0 Å². The van der Waals surface area contributed by atoms with Gasteiger partial charge in [-0.2, -0.15) is 0 Å². The minimum atomic E-state index is -0.444. The normalized spacial score (nSPS) is 18.2. The van der Waals surface area contributed by atoms with Crippen LogP contribution in [0.4, 0.5) is 5.82 Å². The molecule has 24 heavy (non-hydrogen) atoms. The third kappa shape index (κ3) is 4.78. The average Bonchev–Trinajstić information content (AvgIpc) is 2.98. The van der Waals surface area contributed by atoms with Gasteiger partial charge in [-0.15, -0.1) is 0 Å². The van der Waals surface area contributed by atoms with Crippen LogP contribution >= 0.6 is 0 Å². The second-order valence-corrected chi connectivity index (χ2v) is 6.38. The first-order valence-electron chi connectivity index (χ1n) is 8.40. The van der Waals surface area contributed by atoms with Crippen LogP contribution in [0.2, 0.25) is 0 Å². The molecule has 0 aliphatic carbocycles. The summed E-state index contributed by atoms with van der Waals surface area (Å²) in [5.41, 5.74) is 6.02. The van der Waals surface area contributed by atoms with Crippen LogP contribution in [0.3, 0.4) is 0 Å². The monoisotopic (exact) mass is 337 g/mol. The van der Waals surface area contributed by atoms with E-state index in [-0.39, 0.29) is 24.3 Å². The highest BCUT2D eigenvalue weighted by molar-refractivity contribution is 5.91. The van der Waals surface area contributed by atoms with E-state index in [9.17, 15) is 9.59 Å². The molecule has 0 radical (unpaired) electrons. The number of nitrogens with one attached hydrogen (secondary N) is 1. The number of hydrogen-bond acceptors (Lipinski definition) is 6. The number of piperazine rings is 1. The zero-order chi connectivity index (χ0) is 17.7. The SMILES string of the molecule is CCC(C)C(N)C(=O)N1CCN(CC(=O)Nc2cc(C)on2)CC1. The van der Waals surface area contributed by atoms with Crippen molar-refractivity contribution in [2.45, 2.75) is 33.2 Å². The number of aromatic nitrogens is 1. The Bertz CT molecular complexity index is 566. The Kier molecular flexibility index (Phi) is 6.33. The first-order chi connectivity index (χ1) is 11.4. The van der Waals surface area contributed by atoms with Gasteiger partial charge in [0.25, 0.3) is 0 Å². The summed E-state index contributed by atoms with van der Waals surface area (Å²) < 4.78 is 4.91. The molecule has 2 amide bonds. The molecule has 1 aliphatic heterocycles. The second-order valence-electron chi connectivity index (χ2n) is 6.38. The summed E-state index contributed by atoms with van der Waals surface area (Å²) >= 11 is 0. The maximum atomic E-state index is 12.4. The van der Waals surface area contributed by atoms with Gasteiger partial charge < -0.3 is 20.5 Å². The van der Waals surface area contributed by atoms with Gasteiger partial charge in [0.15, 0.2) is 5.82 Å². The van der Waals surface area contributed by atoms with Gasteiger partial charge in [0, 0.05) is 32.2 Å². The summed E-state index contributed by atoms with van der Waals surface area (Å²) in [6, 6.07) is 1.23. The summed E-state index contributed by atoms with van der Waals surface area (Å²) in [4.78, 5) is 28.2. The van der Waals surface area contributed by atoms with Crippen LogP contribution in [-0.2, 0) is 9.59 Å². The van der Waals surface area contributed by atoms with Gasteiger partial charge in [-0.1, -0.05) is 25.4 Å². The quantitative estimate of drug-likeness (QED) is 0.780. The van der Waals surface area contributed by atoms with Crippen LogP contribution < -0.4 is 11.1 Å². The van der Waals surface area contributed by atoms with Crippen molar-refractivity contribution in [2.75, 3.05) is 38.0 Å². The molecular weight excluding hydrogens is 310 g/mol. The fraction of sp³-hybridized carbons (Fsp3) is 0.688.